The van der Waals surface area contributed by atoms with Gasteiger partial charge in [-0.2, -0.15) is 13.2 Å². The molecule has 3 N–H and O–H groups in total. The van der Waals surface area contributed by atoms with Crippen LogP contribution >= 0.6 is 0 Å². The molecule has 116 valence electrons. The first-order valence-corrected chi connectivity index (χ1v) is 6.97. The van der Waals surface area contributed by atoms with Crippen LogP contribution < -0.4 is 11.1 Å². The lowest BCUT2D eigenvalue weighted by atomic mass is 9.68. The van der Waals surface area contributed by atoms with Crippen LogP contribution in [0.4, 0.5) is 13.2 Å². The Labute approximate surface area is 121 Å². The van der Waals surface area contributed by atoms with Gasteiger partial charge in [0.25, 0.3) is 0 Å². The van der Waals surface area contributed by atoms with Crippen LogP contribution in [0.25, 0.3) is 0 Å². The zero-order valence-electron chi connectivity index (χ0n) is 11.8. The monoisotopic (exact) mass is 300 g/mol. The first-order chi connectivity index (χ1) is 9.78. The van der Waals surface area contributed by atoms with E-state index in [9.17, 15) is 18.0 Å². The van der Waals surface area contributed by atoms with Crippen molar-refractivity contribution in [2.45, 2.75) is 38.4 Å². The lowest BCUT2D eigenvalue weighted by Gasteiger charge is -2.39. The molecule has 1 aromatic carbocycles. The van der Waals surface area contributed by atoms with Crippen LogP contribution in [0.2, 0.25) is 0 Å². The number of carbonyl (C=O) groups excluding carboxylic acids is 1. The molecule has 1 fully saturated rings. The molecule has 2 rings (SSSR count). The van der Waals surface area contributed by atoms with Gasteiger partial charge in [-0.15, -0.1) is 0 Å². The lowest BCUT2D eigenvalue weighted by Crippen LogP contribution is -2.50. The van der Waals surface area contributed by atoms with Crippen molar-refractivity contribution in [2.75, 3.05) is 6.54 Å². The minimum atomic E-state index is -4.38. The highest BCUT2D eigenvalue weighted by Crippen LogP contribution is 2.40. The van der Waals surface area contributed by atoms with Gasteiger partial charge in [-0.25, -0.2) is 0 Å². The zero-order chi connectivity index (χ0) is 15.7. The number of nitrogens with one attached hydrogen (secondary N) is 1. The third kappa shape index (κ3) is 3.20. The molecule has 1 unspecified atom stereocenters. The molecule has 6 heteroatoms. The maximum Gasteiger partial charge on any atom is 0.416 e. The normalized spacial score (nSPS) is 18.7. The number of nitrogens with two attached hydrogens (primary N) is 1. The number of rotatable bonds is 4. The highest BCUT2D eigenvalue weighted by Gasteiger charge is 2.43. The number of carbonyl (C=O) groups is 1. The van der Waals surface area contributed by atoms with Gasteiger partial charge in [-0.3, -0.25) is 4.79 Å². The number of amides is 1. The SMILES string of the molecule is CC(NC(=O)C1(CN)CCC1)c1cccc(C(F)(F)F)c1. The Kier molecular flexibility index (Phi) is 4.27. The number of hydrogen-bond acceptors (Lipinski definition) is 2. The van der Waals surface area contributed by atoms with E-state index in [1.165, 1.54) is 6.07 Å². The molecule has 1 atom stereocenters. The van der Waals surface area contributed by atoms with Gasteiger partial charge in [-0.1, -0.05) is 18.6 Å². The van der Waals surface area contributed by atoms with Gasteiger partial charge in [0.1, 0.15) is 0 Å². The van der Waals surface area contributed by atoms with Gasteiger partial charge < -0.3 is 11.1 Å². The van der Waals surface area contributed by atoms with E-state index in [1.54, 1.807) is 13.0 Å². The molecular weight excluding hydrogens is 281 g/mol. The molecule has 0 saturated heterocycles. The first-order valence-electron chi connectivity index (χ1n) is 6.97. The van der Waals surface area contributed by atoms with Crippen molar-refractivity contribution in [3.05, 3.63) is 35.4 Å². The number of benzene rings is 1. The minimum absolute atomic E-state index is 0.166. The van der Waals surface area contributed by atoms with Crippen LogP contribution in [0.3, 0.4) is 0 Å². The van der Waals surface area contributed by atoms with Crippen molar-refractivity contribution in [3.63, 3.8) is 0 Å². The van der Waals surface area contributed by atoms with Crippen LogP contribution in [0.5, 0.6) is 0 Å². The van der Waals surface area contributed by atoms with E-state index < -0.39 is 23.2 Å². The Morgan fingerprint density at radius 2 is 2.10 bits per heavy atom. The van der Waals surface area contributed by atoms with Crippen molar-refractivity contribution in [2.24, 2.45) is 11.1 Å². The van der Waals surface area contributed by atoms with Crippen LogP contribution in [-0.2, 0) is 11.0 Å². The largest absolute Gasteiger partial charge is 0.416 e. The maximum absolute atomic E-state index is 12.7. The predicted molar refractivity (Wildman–Crippen MR) is 73.3 cm³/mol. The van der Waals surface area contributed by atoms with Gasteiger partial charge in [0.2, 0.25) is 5.91 Å². The van der Waals surface area contributed by atoms with Gasteiger partial charge in [0.15, 0.2) is 0 Å². The van der Waals surface area contributed by atoms with Crippen molar-refractivity contribution >= 4 is 5.91 Å². The fourth-order valence-electron chi connectivity index (χ4n) is 2.54. The van der Waals surface area contributed by atoms with Crippen molar-refractivity contribution in [3.8, 4) is 0 Å². The topological polar surface area (TPSA) is 55.1 Å². The molecule has 1 saturated carbocycles. The van der Waals surface area contributed by atoms with E-state index in [-0.39, 0.29) is 12.5 Å². The van der Waals surface area contributed by atoms with Crippen molar-refractivity contribution < 1.29 is 18.0 Å². The second kappa shape index (κ2) is 5.67. The summed E-state index contributed by atoms with van der Waals surface area (Å²) in [6.45, 7) is 1.95. The summed E-state index contributed by atoms with van der Waals surface area (Å²) in [4.78, 5) is 12.2. The number of halogens is 3. The van der Waals surface area contributed by atoms with E-state index in [0.29, 0.717) is 5.56 Å². The summed E-state index contributed by atoms with van der Waals surface area (Å²) in [6.07, 6.45) is -1.94. The zero-order valence-corrected chi connectivity index (χ0v) is 11.8. The Balaban J connectivity index is 2.10. The second-order valence-electron chi connectivity index (χ2n) is 5.66. The molecule has 1 amide bonds. The smallest absolute Gasteiger partial charge is 0.349 e. The van der Waals surface area contributed by atoms with Crippen molar-refractivity contribution in [1.29, 1.82) is 0 Å². The standard InChI is InChI=1S/C15H19F3N2O/c1-10(20-13(21)14(9-19)6-3-7-14)11-4-2-5-12(8-11)15(16,17)18/h2,4-5,8,10H,3,6-7,9,19H2,1H3,(H,20,21). The van der Waals surface area contributed by atoms with E-state index in [4.69, 9.17) is 5.73 Å². The Morgan fingerprint density at radius 1 is 1.43 bits per heavy atom. The highest BCUT2D eigenvalue weighted by molar-refractivity contribution is 5.84. The molecule has 1 aliphatic rings. The Bertz CT molecular complexity index is 518. The van der Waals surface area contributed by atoms with Crippen molar-refractivity contribution in [1.82, 2.24) is 5.32 Å². The Hall–Kier alpha value is -1.56. The Morgan fingerprint density at radius 3 is 2.57 bits per heavy atom. The number of alkyl halides is 3. The quantitative estimate of drug-likeness (QED) is 0.898. The third-order valence-corrected chi connectivity index (χ3v) is 4.24. The molecule has 0 heterocycles. The average Bonchev–Trinajstić information content (AvgIpc) is 2.37. The summed E-state index contributed by atoms with van der Waals surface area (Å²) >= 11 is 0. The van der Waals surface area contributed by atoms with Crippen LogP contribution in [0, 0.1) is 5.41 Å². The maximum atomic E-state index is 12.7. The molecule has 0 aliphatic heterocycles. The fourth-order valence-corrected chi connectivity index (χ4v) is 2.54. The van der Waals surface area contributed by atoms with E-state index in [0.717, 1.165) is 31.4 Å². The van der Waals surface area contributed by atoms with Gasteiger partial charge >= 0.3 is 6.18 Å². The summed E-state index contributed by atoms with van der Waals surface area (Å²) in [6, 6.07) is 4.54. The molecule has 0 spiro atoms. The molecule has 0 aromatic heterocycles. The van der Waals surface area contributed by atoms with Crippen LogP contribution in [0.15, 0.2) is 24.3 Å². The summed E-state index contributed by atoms with van der Waals surface area (Å²) < 4.78 is 38.1. The van der Waals surface area contributed by atoms with Gasteiger partial charge in [0, 0.05) is 6.54 Å². The number of hydrogen-bond donors (Lipinski definition) is 2. The third-order valence-electron chi connectivity index (χ3n) is 4.24. The predicted octanol–water partition coefficient (Wildman–Crippen LogP) is 3.01. The minimum Gasteiger partial charge on any atom is -0.349 e. The molecule has 1 aromatic rings. The van der Waals surface area contributed by atoms with Gasteiger partial charge in [-0.05, 0) is 37.5 Å². The van der Waals surface area contributed by atoms with E-state index in [2.05, 4.69) is 5.32 Å². The second-order valence-corrected chi connectivity index (χ2v) is 5.66. The summed E-state index contributed by atoms with van der Waals surface area (Å²) in [5, 5.41) is 2.78. The molecule has 3 nitrogen and oxygen atoms in total. The van der Waals surface area contributed by atoms with Crippen LogP contribution in [-0.4, -0.2) is 12.5 Å². The summed E-state index contributed by atoms with van der Waals surface area (Å²) in [5.74, 6) is -0.166. The summed E-state index contributed by atoms with van der Waals surface area (Å²) in [7, 11) is 0. The first kappa shape index (κ1) is 15.8. The molecule has 0 bridgehead atoms. The molecule has 21 heavy (non-hydrogen) atoms. The molecule has 1 aliphatic carbocycles. The highest BCUT2D eigenvalue weighted by atomic mass is 19.4. The lowest BCUT2D eigenvalue weighted by molar-refractivity contribution is -0.137. The average molecular weight is 300 g/mol. The van der Waals surface area contributed by atoms with E-state index in [1.807, 2.05) is 0 Å². The fraction of sp³-hybridized carbons (Fsp3) is 0.533. The van der Waals surface area contributed by atoms with Crippen LogP contribution in [0.1, 0.15) is 43.4 Å². The summed E-state index contributed by atoms with van der Waals surface area (Å²) in [5.41, 5.74) is 4.85. The van der Waals surface area contributed by atoms with Gasteiger partial charge in [0.05, 0.1) is 17.0 Å². The van der Waals surface area contributed by atoms with E-state index >= 15 is 0 Å². The molecule has 0 radical (unpaired) electrons. The molecular formula is C15H19F3N2O.